The number of nitrogen functional groups attached to an aromatic ring is 1. The molecule has 46 heavy (non-hydrogen) atoms. The van der Waals surface area contributed by atoms with Crippen molar-refractivity contribution < 1.29 is 62.2 Å². The maximum absolute atomic E-state index is 12.5. The third kappa shape index (κ3) is 6.18. The summed E-state index contributed by atoms with van der Waals surface area (Å²) in [7, 11) is -10.7. The van der Waals surface area contributed by atoms with Crippen LogP contribution in [0.15, 0.2) is 24.8 Å². The number of ether oxygens (including phenoxy) is 2. The van der Waals surface area contributed by atoms with Crippen molar-refractivity contribution in [2.24, 2.45) is 0 Å². The zero-order valence-corrected chi connectivity index (χ0v) is 25.8. The molecule has 1 aromatic carbocycles. The van der Waals surface area contributed by atoms with Crippen LogP contribution in [0.1, 0.15) is 23.6 Å². The van der Waals surface area contributed by atoms with Crippen molar-refractivity contribution >= 4 is 43.7 Å². The number of imidazole rings is 1. The highest BCUT2D eigenvalue weighted by Gasteiger charge is 2.48. The molecule has 0 saturated carbocycles. The topological polar surface area (TPSA) is 302 Å². The summed E-state index contributed by atoms with van der Waals surface area (Å²) in [4.78, 5) is 32.1. The summed E-state index contributed by atoms with van der Waals surface area (Å²) in [6, 6.07) is 3.56. The van der Waals surface area contributed by atoms with Gasteiger partial charge in [0.05, 0.1) is 25.1 Å². The second-order valence-corrected chi connectivity index (χ2v) is 13.8. The highest BCUT2D eigenvalue weighted by atomic mass is 31.3. The second kappa shape index (κ2) is 12.2. The second-order valence-electron chi connectivity index (χ2n) is 10.7. The van der Waals surface area contributed by atoms with Crippen molar-refractivity contribution in [1.29, 1.82) is 0 Å². The van der Waals surface area contributed by atoms with E-state index in [4.69, 9.17) is 24.3 Å². The third-order valence-corrected chi connectivity index (χ3v) is 10.3. The Morgan fingerprint density at radius 2 is 1.46 bits per heavy atom. The summed E-state index contributed by atoms with van der Waals surface area (Å²) >= 11 is 0. The van der Waals surface area contributed by atoms with Crippen LogP contribution in [0.3, 0.4) is 0 Å². The lowest BCUT2D eigenvalue weighted by molar-refractivity contribution is -0.0573. The van der Waals surface area contributed by atoms with E-state index < -0.39 is 77.9 Å². The van der Waals surface area contributed by atoms with Crippen LogP contribution in [0, 0.1) is 13.8 Å². The van der Waals surface area contributed by atoms with Crippen LogP contribution in [0.4, 0.5) is 5.82 Å². The fourth-order valence-electron chi connectivity index (χ4n) is 5.12. The summed E-state index contributed by atoms with van der Waals surface area (Å²) in [5.74, 6) is 0.0599. The van der Waals surface area contributed by atoms with Gasteiger partial charge in [-0.3, -0.25) is 13.6 Å². The Bertz CT molecular complexity index is 1860. The Labute approximate surface area is 258 Å². The minimum atomic E-state index is -5.36. The van der Waals surface area contributed by atoms with E-state index in [1.807, 2.05) is 13.8 Å². The van der Waals surface area contributed by atoms with Gasteiger partial charge in [0.1, 0.15) is 54.0 Å². The van der Waals surface area contributed by atoms with E-state index in [9.17, 15) is 39.3 Å². The molecule has 21 nitrogen and oxygen atoms in total. The number of aromatic nitrogens is 7. The first-order chi connectivity index (χ1) is 21.7. The van der Waals surface area contributed by atoms with Gasteiger partial charge in [-0.05, 0) is 37.1 Å². The number of benzene rings is 1. The molecule has 10 atom stereocenters. The zero-order chi connectivity index (χ0) is 33.1. The summed E-state index contributed by atoms with van der Waals surface area (Å²) in [5.41, 5.74) is 9.03. The molecule has 6 rings (SSSR count). The minimum Gasteiger partial charge on any atom is -0.387 e. The molecule has 2 fully saturated rings. The predicted molar refractivity (Wildman–Crippen MR) is 151 cm³/mol. The van der Waals surface area contributed by atoms with Gasteiger partial charge < -0.3 is 45.4 Å². The molecule has 2 unspecified atom stereocenters. The van der Waals surface area contributed by atoms with Gasteiger partial charge in [0.2, 0.25) is 0 Å². The molecular formula is C23H30N8O13P2. The Hall–Kier alpha value is -3.01. The molecule has 3 aromatic heterocycles. The van der Waals surface area contributed by atoms with Crippen molar-refractivity contribution in [3.63, 3.8) is 0 Å². The van der Waals surface area contributed by atoms with Gasteiger partial charge in [0.15, 0.2) is 23.9 Å². The van der Waals surface area contributed by atoms with Crippen LogP contribution in [-0.2, 0) is 32.0 Å². The van der Waals surface area contributed by atoms with Crippen LogP contribution in [0.2, 0.25) is 0 Å². The molecular weight excluding hydrogens is 658 g/mol. The Balaban J connectivity index is 1.05. The van der Waals surface area contributed by atoms with E-state index in [1.165, 1.54) is 15.6 Å². The van der Waals surface area contributed by atoms with Crippen molar-refractivity contribution in [2.75, 3.05) is 18.9 Å². The van der Waals surface area contributed by atoms with Gasteiger partial charge in [-0.15, -0.1) is 5.10 Å². The molecule has 0 bridgehead atoms. The third-order valence-electron chi connectivity index (χ3n) is 7.67. The maximum Gasteiger partial charge on any atom is 0.481 e. The van der Waals surface area contributed by atoms with E-state index >= 15 is 0 Å². The van der Waals surface area contributed by atoms with Gasteiger partial charge in [-0.2, -0.15) is 4.31 Å². The first kappa shape index (κ1) is 32.9. The first-order valence-corrected chi connectivity index (χ1v) is 16.6. The number of aliphatic hydroxyl groups is 4. The lowest BCUT2D eigenvalue weighted by Crippen LogP contribution is -2.34. The molecule has 0 amide bonds. The van der Waals surface area contributed by atoms with Crippen molar-refractivity contribution in [1.82, 2.24) is 34.5 Å². The Morgan fingerprint density at radius 1 is 0.870 bits per heavy atom. The minimum absolute atomic E-state index is 0.0599. The van der Waals surface area contributed by atoms with Crippen molar-refractivity contribution in [2.45, 2.75) is 62.9 Å². The number of rotatable bonds is 10. The van der Waals surface area contributed by atoms with Gasteiger partial charge >= 0.3 is 15.6 Å². The van der Waals surface area contributed by atoms with E-state index in [1.54, 1.807) is 12.1 Å². The molecule has 23 heteroatoms. The molecule has 8 N–H and O–H groups in total. The molecule has 0 radical (unpaired) electrons. The summed E-state index contributed by atoms with van der Waals surface area (Å²) in [5, 5.41) is 50.1. The number of nitrogens with two attached hydrogens (primary N) is 1. The maximum atomic E-state index is 12.5. The normalized spacial score (nSPS) is 31.0. The van der Waals surface area contributed by atoms with E-state index in [0.717, 1.165) is 17.5 Å². The number of anilines is 1. The number of hydrogen-bond donors (Lipinski definition) is 7. The molecule has 2 saturated heterocycles. The lowest BCUT2D eigenvalue weighted by atomic mass is 10.1. The standard InChI is InChI=1S/C23H30N8O13P2/c1-9-3-11-12(4-10(9)2)31(29-28-11)23-19(35)17(33)14(43-23)6-41-46(38,39)44-45(36,37)40-5-13-16(32)18(34)22(42-13)30-8-27-15-20(24)25-7-26-21(15)30/h3-4,7-8,13-14,16-19,22-23,32-35H,5-6H2,1-2H3,(H,36,37)(H,38,39)(H2,24,25,26)/t13-,14-,16-,17-,18-,19-,22-,23-/m1/s1. The van der Waals surface area contributed by atoms with Crippen molar-refractivity contribution in [3.8, 4) is 0 Å². The summed E-state index contributed by atoms with van der Waals surface area (Å²) in [6.07, 6.45) is -9.32. The quantitative estimate of drug-likeness (QED) is 0.0978. The number of phosphoric acid groups is 2. The van der Waals surface area contributed by atoms with Crippen LogP contribution in [0.25, 0.3) is 22.2 Å². The van der Waals surface area contributed by atoms with Crippen LogP contribution in [-0.4, -0.2) is 115 Å². The molecule has 0 aliphatic carbocycles. The predicted octanol–water partition coefficient (Wildman–Crippen LogP) is -1.04. The van der Waals surface area contributed by atoms with Gasteiger partial charge in [-0.1, -0.05) is 5.21 Å². The van der Waals surface area contributed by atoms with E-state index in [2.05, 4.69) is 29.6 Å². The highest BCUT2D eigenvalue weighted by molar-refractivity contribution is 7.61. The summed E-state index contributed by atoms with van der Waals surface area (Å²) < 4.78 is 52.6. The number of aliphatic hydroxyl groups excluding tert-OH is 4. The van der Waals surface area contributed by atoms with Crippen LogP contribution in [0.5, 0.6) is 0 Å². The molecule has 0 spiro atoms. The van der Waals surface area contributed by atoms with E-state index in [-0.39, 0.29) is 17.0 Å². The molecule has 5 heterocycles. The average molecular weight is 688 g/mol. The molecule has 250 valence electrons. The van der Waals surface area contributed by atoms with Gasteiger partial charge in [-0.25, -0.2) is 28.8 Å². The highest BCUT2D eigenvalue weighted by Crippen LogP contribution is 2.60. The average Bonchev–Trinajstić information content (AvgIpc) is 3.73. The first-order valence-electron chi connectivity index (χ1n) is 13.6. The van der Waals surface area contributed by atoms with E-state index in [0.29, 0.717) is 11.0 Å². The lowest BCUT2D eigenvalue weighted by Gasteiger charge is -2.20. The number of phosphoric ester groups is 2. The number of nitrogens with zero attached hydrogens (tertiary/aromatic N) is 7. The summed E-state index contributed by atoms with van der Waals surface area (Å²) in [6.45, 7) is 2.01. The molecule has 2 aliphatic rings. The largest absolute Gasteiger partial charge is 0.481 e. The van der Waals surface area contributed by atoms with Gasteiger partial charge in [0, 0.05) is 0 Å². The molecule has 4 aromatic rings. The smallest absolute Gasteiger partial charge is 0.387 e. The molecule has 2 aliphatic heterocycles. The number of fused-ring (bicyclic) bond motifs is 2. The Kier molecular flexibility index (Phi) is 8.74. The fourth-order valence-corrected chi connectivity index (χ4v) is 7.21. The zero-order valence-electron chi connectivity index (χ0n) is 24.0. The van der Waals surface area contributed by atoms with Crippen molar-refractivity contribution in [3.05, 3.63) is 35.9 Å². The monoisotopic (exact) mass is 688 g/mol. The Morgan fingerprint density at radius 3 is 2.11 bits per heavy atom. The van der Waals surface area contributed by atoms with Gasteiger partial charge in [0.25, 0.3) is 0 Å². The SMILES string of the molecule is Cc1cc2nnn([C@@H]3O[C@H](COP(=O)(O)OP(=O)(O)OC[C@H]4O[C@@H](n5cnc6c(N)ncnc65)[C@H](O)[C@@H]4O)[C@@H](O)[C@H]3O)c2cc1C. The van der Waals surface area contributed by atoms with Crippen LogP contribution >= 0.6 is 15.6 Å². The number of aryl methyl sites for hydroxylation is 2. The van der Waals surface area contributed by atoms with Crippen LogP contribution < -0.4 is 5.73 Å². The fraction of sp³-hybridized carbons (Fsp3) is 0.522. The number of hydrogen-bond acceptors (Lipinski definition) is 17.